The molecule has 0 aliphatic carbocycles. The van der Waals surface area contributed by atoms with Crippen molar-refractivity contribution >= 4 is 12.0 Å². The number of rotatable bonds is 6. The third-order valence-corrected chi connectivity index (χ3v) is 4.98. The fourth-order valence-corrected chi connectivity index (χ4v) is 3.21. The van der Waals surface area contributed by atoms with Crippen molar-refractivity contribution in [1.82, 2.24) is 10.2 Å². The van der Waals surface area contributed by atoms with Crippen molar-refractivity contribution in [3.05, 3.63) is 70.9 Å². The molecule has 0 saturated carbocycles. The molecule has 0 radical (unpaired) electrons. The van der Waals surface area contributed by atoms with Gasteiger partial charge in [0.25, 0.3) is 0 Å². The first-order valence-electron chi connectivity index (χ1n) is 9.25. The summed E-state index contributed by atoms with van der Waals surface area (Å²) >= 11 is 0. The fourth-order valence-electron chi connectivity index (χ4n) is 3.21. The molecule has 0 saturated heterocycles. The van der Waals surface area contributed by atoms with Crippen LogP contribution in [0.3, 0.4) is 0 Å². The number of phenolic OH excluding ortho intramolecular Hbond substituents is 1. The summed E-state index contributed by atoms with van der Waals surface area (Å²) in [5.74, 6) is -0.268. The highest BCUT2D eigenvalue weighted by Crippen LogP contribution is 2.35. The molecule has 0 fully saturated rings. The topological polar surface area (TPSA) is 88.1 Å². The van der Waals surface area contributed by atoms with Crippen molar-refractivity contribution in [3.63, 3.8) is 0 Å². The average Bonchev–Trinajstić information content (AvgIpc) is 2.72. The van der Waals surface area contributed by atoms with E-state index in [-0.39, 0.29) is 24.1 Å². The van der Waals surface area contributed by atoms with E-state index in [4.69, 9.17) is 9.47 Å². The number of aromatic hydroxyl groups is 1. The molecule has 1 unspecified atom stereocenters. The lowest BCUT2D eigenvalue weighted by Gasteiger charge is -2.33. The Hall–Kier alpha value is -3.48. The van der Waals surface area contributed by atoms with E-state index in [1.165, 1.54) is 18.1 Å². The Morgan fingerprint density at radius 2 is 1.93 bits per heavy atom. The second-order valence-electron chi connectivity index (χ2n) is 6.74. The van der Waals surface area contributed by atoms with Crippen molar-refractivity contribution in [1.29, 1.82) is 0 Å². The number of amides is 2. The first-order chi connectivity index (χ1) is 13.9. The van der Waals surface area contributed by atoms with Crippen LogP contribution in [0, 0.1) is 0 Å². The standard InChI is InChI=1S/C22H24N2O5/c1-14-19(21(26)29-12-11-15-7-5-4-6-8-15)20(23-22(27)24(14)2)16-9-10-17(25)18(13-16)28-3/h4-10,13,20,25H,11-12H2,1-3H3,(H,23,27). The maximum atomic E-state index is 12.9. The van der Waals surface area contributed by atoms with Gasteiger partial charge in [0.15, 0.2) is 11.5 Å². The number of phenols is 1. The number of hydrogen-bond donors (Lipinski definition) is 2. The van der Waals surface area contributed by atoms with Gasteiger partial charge in [-0.05, 0) is 30.2 Å². The van der Waals surface area contributed by atoms with E-state index in [0.717, 1.165) is 5.56 Å². The number of benzene rings is 2. The highest BCUT2D eigenvalue weighted by molar-refractivity contribution is 5.95. The summed E-state index contributed by atoms with van der Waals surface area (Å²) in [4.78, 5) is 26.6. The Labute approximate surface area is 169 Å². The van der Waals surface area contributed by atoms with Crippen LogP contribution in [0.2, 0.25) is 0 Å². The molecular weight excluding hydrogens is 372 g/mol. The lowest BCUT2D eigenvalue weighted by molar-refractivity contribution is -0.139. The number of nitrogens with one attached hydrogen (secondary N) is 1. The minimum absolute atomic E-state index is 0.0248. The molecule has 7 heteroatoms. The molecule has 152 valence electrons. The number of nitrogens with zero attached hydrogens (tertiary/aromatic N) is 1. The molecule has 1 aliphatic heterocycles. The summed E-state index contributed by atoms with van der Waals surface area (Å²) in [6.45, 7) is 1.93. The monoisotopic (exact) mass is 396 g/mol. The van der Waals surface area contributed by atoms with Gasteiger partial charge in [0.1, 0.15) is 0 Å². The Morgan fingerprint density at radius 1 is 1.21 bits per heavy atom. The minimum atomic E-state index is -0.711. The van der Waals surface area contributed by atoms with Crippen molar-refractivity contribution < 1.29 is 24.2 Å². The third kappa shape index (κ3) is 4.34. The van der Waals surface area contributed by atoms with E-state index >= 15 is 0 Å². The van der Waals surface area contributed by atoms with Gasteiger partial charge < -0.3 is 24.8 Å². The number of carbonyl (C=O) groups excluding carboxylic acids is 2. The molecule has 7 nitrogen and oxygen atoms in total. The van der Waals surface area contributed by atoms with Gasteiger partial charge in [0.2, 0.25) is 0 Å². The molecule has 3 rings (SSSR count). The Kier molecular flexibility index (Phi) is 6.07. The number of allylic oxidation sites excluding steroid dienone is 1. The van der Waals surface area contributed by atoms with Crippen LogP contribution < -0.4 is 10.1 Å². The summed E-state index contributed by atoms with van der Waals surface area (Å²) in [7, 11) is 3.03. The summed E-state index contributed by atoms with van der Waals surface area (Å²) in [5.41, 5.74) is 2.53. The zero-order chi connectivity index (χ0) is 21.0. The van der Waals surface area contributed by atoms with Crippen LogP contribution in [0.5, 0.6) is 11.5 Å². The molecule has 2 amide bonds. The van der Waals surface area contributed by atoms with Gasteiger partial charge in [0.05, 0.1) is 25.3 Å². The van der Waals surface area contributed by atoms with Gasteiger partial charge in [0, 0.05) is 19.2 Å². The maximum absolute atomic E-state index is 12.9. The van der Waals surface area contributed by atoms with Crippen LogP contribution in [0.15, 0.2) is 59.8 Å². The fraction of sp³-hybridized carbons (Fsp3) is 0.273. The molecule has 1 aliphatic rings. The van der Waals surface area contributed by atoms with Gasteiger partial charge in [-0.3, -0.25) is 0 Å². The van der Waals surface area contributed by atoms with Gasteiger partial charge >= 0.3 is 12.0 Å². The molecule has 1 atom stereocenters. The summed E-state index contributed by atoms with van der Waals surface area (Å²) in [5, 5.41) is 12.7. The predicted octanol–water partition coefficient (Wildman–Crippen LogP) is 3.16. The first kappa shape index (κ1) is 20.3. The van der Waals surface area contributed by atoms with Gasteiger partial charge in [-0.1, -0.05) is 36.4 Å². The lowest BCUT2D eigenvalue weighted by Crippen LogP contribution is -2.46. The number of ether oxygens (including phenoxy) is 2. The third-order valence-electron chi connectivity index (χ3n) is 4.98. The predicted molar refractivity (Wildman–Crippen MR) is 107 cm³/mol. The maximum Gasteiger partial charge on any atom is 0.338 e. The van der Waals surface area contributed by atoms with E-state index in [9.17, 15) is 14.7 Å². The van der Waals surface area contributed by atoms with Crippen molar-refractivity contribution in [2.75, 3.05) is 20.8 Å². The Bertz CT molecular complexity index is 939. The summed E-state index contributed by atoms with van der Waals surface area (Å²) in [6.07, 6.45) is 0.596. The van der Waals surface area contributed by atoms with E-state index in [1.807, 2.05) is 30.3 Å². The average molecular weight is 396 g/mol. The number of esters is 1. The van der Waals surface area contributed by atoms with Crippen molar-refractivity contribution in [2.45, 2.75) is 19.4 Å². The second-order valence-corrected chi connectivity index (χ2v) is 6.74. The van der Waals surface area contributed by atoms with Crippen LogP contribution in [-0.2, 0) is 16.0 Å². The molecule has 2 aromatic carbocycles. The molecule has 0 bridgehead atoms. The van der Waals surface area contributed by atoms with E-state index < -0.39 is 12.0 Å². The van der Waals surface area contributed by atoms with Crippen LogP contribution in [-0.4, -0.2) is 42.8 Å². The second kappa shape index (κ2) is 8.68. The van der Waals surface area contributed by atoms with Crippen LogP contribution in [0.25, 0.3) is 0 Å². The first-order valence-corrected chi connectivity index (χ1v) is 9.25. The summed E-state index contributed by atoms with van der Waals surface area (Å²) < 4.78 is 10.7. The molecule has 0 aromatic heterocycles. The Balaban J connectivity index is 1.85. The van der Waals surface area contributed by atoms with E-state index in [2.05, 4.69) is 5.32 Å². The highest BCUT2D eigenvalue weighted by Gasteiger charge is 2.35. The summed E-state index contributed by atoms with van der Waals surface area (Å²) in [6, 6.07) is 13.4. The zero-order valence-corrected chi connectivity index (χ0v) is 16.6. The largest absolute Gasteiger partial charge is 0.504 e. The van der Waals surface area contributed by atoms with Crippen LogP contribution in [0.4, 0.5) is 4.79 Å². The minimum Gasteiger partial charge on any atom is -0.504 e. The Morgan fingerprint density at radius 3 is 2.62 bits per heavy atom. The molecule has 2 N–H and O–H groups in total. The lowest BCUT2D eigenvalue weighted by atomic mass is 9.94. The number of urea groups is 1. The number of hydrogen-bond acceptors (Lipinski definition) is 5. The molecule has 2 aromatic rings. The van der Waals surface area contributed by atoms with Crippen LogP contribution in [0.1, 0.15) is 24.1 Å². The van der Waals surface area contributed by atoms with Gasteiger partial charge in [-0.25, -0.2) is 9.59 Å². The highest BCUT2D eigenvalue weighted by atomic mass is 16.5. The van der Waals surface area contributed by atoms with Crippen molar-refractivity contribution in [2.24, 2.45) is 0 Å². The number of methoxy groups -OCH3 is 1. The molecule has 0 spiro atoms. The van der Waals surface area contributed by atoms with Crippen molar-refractivity contribution in [3.8, 4) is 11.5 Å². The van der Waals surface area contributed by atoms with Gasteiger partial charge in [-0.2, -0.15) is 0 Å². The number of carbonyl (C=O) groups is 2. The quantitative estimate of drug-likeness (QED) is 0.733. The van der Waals surface area contributed by atoms with E-state index in [0.29, 0.717) is 23.3 Å². The van der Waals surface area contributed by atoms with Crippen LogP contribution >= 0.6 is 0 Å². The molecule has 1 heterocycles. The normalized spacial score (nSPS) is 16.4. The smallest absolute Gasteiger partial charge is 0.338 e. The molecular formula is C22H24N2O5. The van der Waals surface area contributed by atoms with Gasteiger partial charge in [-0.15, -0.1) is 0 Å². The zero-order valence-electron chi connectivity index (χ0n) is 16.6. The molecule has 29 heavy (non-hydrogen) atoms. The van der Waals surface area contributed by atoms with E-state index in [1.54, 1.807) is 26.1 Å². The SMILES string of the molecule is COc1cc(C2NC(=O)N(C)C(C)=C2C(=O)OCCc2ccccc2)ccc1O.